The van der Waals surface area contributed by atoms with Crippen LogP contribution in [-0.2, 0) is 0 Å². The molecule has 1 rings (SSSR count). The third kappa shape index (κ3) is 4.52. The smallest absolute Gasteiger partial charge is 0.398 e. The lowest BCUT2D eigenvalue weighted by Gasteiger charge is -2.17. The van der Waals surface area contributed by atoms with Crippen molar-refractivity contribution < 1.29 is 18.0 Å². The summed E-state index contributed by atoms with van der Waals surface area (Å²) < 4.78 is 35.6. The van der Waals surface area contributed by atoms with Crippen LogP contribution in [0, 0.1) is 0 Å². The number of urea groups is 1. The summed E-state index contributed by atoms with van der Waals surface area (Å²) in [6.45, 7) is 0.273. The molecule has 0 bridgehead atoms. The van der Waals surface area contributed by atoms with Crippen molar-refractivity contribution in [1.82, 2.24) is 10.6 Å². The summed E-state index contributed by atoms with van der Waals surface area (Å²) in [6, 6.07) is 5.46. The third-order valence-electron chi connectivity index (χ3n) is 2.26. The van der Waals surface area contributed by atoms with E-state index in [1.54, 1.807) is 36.5 Å². The molecule has 0 spiro atoms. The molecule has 0 aliphatic carbocycles. The van der Waals surface area contributed by atoms with Gasteiger partial charge in [0.1, 0.15) is 6.54 Å². The number of rotatable bonds is 3. The van der Waals surface area contributed by atoms with Crippen molar-refractivity contribution in [3.8, 4) is 0 Å². The fraction of sp³-hybridized carbons (Fsp3) is 0.364. The largest absolute Gasteiger partial charge is 0.405 e. The number of nitrogens with one attached hydrogen (secondary N) is 2. The monoisotopic (exact) mass is 261 g/mol. The first-order chi connectivity index (χ1) is 8.29. The van der Waals surface area contributed by atoms with Crippen LogP contribution in [0.15, 0.2) is 24.3 Å². The predicted molar refractivity (Wildman–Crippen MR) is 61.9 cm³/mol. The maximum absolute atomic E-state index is 11.9. The van der Waals surface area contributed by atoms with Gasteiger partial charge in [0, 0.05) is 5.69 Å². The molecule has 1 aromatic carbocycles. The van der Waals surface area contributed by atoms with E-state index in [1.165, 1.54) is 0 Å². The Bertz CT molecular complexity index is 420. The SMILES string of the molecule is CC(NC(=O)NCC(F)(F)F)c1ccccc1N. The van der Waals surface area contributed by atoms with Crippen LogP contribution in [0.1, 0.15) is 18.5 Å². The molecule has 0 saturated heterocycles. The number of halogens is 3. The Morgan fingerprint density at radius 1 is 1.39 bits per heavy atom. The van der Waals surface area contributed by atoms with Gasteiger partial charge in [-0.3, -0.25) is 0 Å². The third-order valence-corrected chi connectivity index (χ3v) is 2.26. The van der Waals surface area contributed by atoms with Gasteiger partial charge in [-0.05, 0) is 18.6 Å². The van der Waals surface area contributed by atoms with Crippen LogP contribution in [0.3, 0.4) is 0 Å². The molecule has 2 amide bonds. The second-order valence-corrected chi connectivity index (χ2v) is 3.79. The predicted octanol–water partition coefficient (Wildman–Crippen LogP) is 2.19. The molecule has 0 heterocycles. The molecule has 1 unspecified atom stereocenters. The van der Waals surface area contributed by atoms with Crippen molar-refractivity contribution in [1.29, 1.82) is 0 Å². The van der Waals surface area contributed by atoms with Crippen molar-refractivity contribution in [3.05, 3.63) is 29.8 Å². The van der Waals surface area contributed by atoms with Crippen LogP contribution in [0.5, 0.6) is 0 Å². The highest BCUT2D eigenvalue weighted by molar-refractivity contribution is 5.74. The second-order valence-electron chi connectivity index (χ2n) is 3.79. The van der Waals surface area contributed by atoms with Gasteiger partial charge in [0.15, 0.2) is 0 Å². The molecule has 0 fully saturated rings. The second kappa shape index (κ2) is 5.61. The average molecular weight is 261 g/mol. The minimum atomic E-state index is -4.42. The summed E-state index contributed by atoms with van der Waals surface area (Å²) in [5.74, 6) is 0. The van der Waals surface area contributed by atoms with E-state index in [0.717, 1.165) is 0 Å². The lowest BCUT2D eigenvalue weighted by Crippen LogP contribution is -2.41. The number of para-hydroxylation sites is 1. The average Bonchev–Trinajstić information content (AvgIpc) is 2.26. The summed E-state index contributed by atoms with van der Waals surface area (Å²) >= 11 is 0. The number of carbonyl (C=O) groups is 1. The molecule has 0 saturated carbocycles. The standard InChI is InChI=1S/C11H14F3N3O/c1-7(8-4-2-3-5-9(8)15)17-10(18)16-6-11(12,13)14/h2-5,7H,6,15H2,1H3,(H2,16,17,18). The molecule has 0 aliphatic rings. The van der Waals surface area contributed by atoms with Gasteiger partial charge in [0.2, 0.25) is 0 Å². The number of alkyl halides is 3. The Balaban J connectivity index is 2.53. The van der Waals surface area contributed by atoms with Gasteiger partial charge >= 0.3 is 12.2 Å². The van der Waals surface area contributed by atoms with Crippen molar-refractivity contribution in [3.63, 3.8) is 0 Å². The first-order valence-electron chi connectivity index (χ1n) is 5.25. The fourth-order valence-corrected chi connectivity index (χ4v) is 1.41. The van der Waals surface area contributed by atoms with E-state index >= 15 is 0 Å². The molecular weight excluding hydrogens is 247 g/mol. The zero-order valence-corrected chi connectivity index (χ0v) is 9.71. The van der Waals surface area contributed by atoms with Gasteiger partial charge in [0.25, 0.3) is 0 Å². The molecule has 4 N–H and O–H groups in total. The minimum absolute atomic E-state index is 0.473. The molecule has 0 aliphatic heterocycles. The van der Waals surface area contributed by atoms with Gasteiger partial charge in [-0.25, -0.2) is 4.79 Å². The van der Waals surface area contributed by atoms with Gasteiger partial charge in [-0.2, -0.15) is 13.2 Å². The Labute approximate surface area is 102 Å². The van der Waals surface area contributed by atoms with E-state index in [4.69, 9.17) is 5.73 Å². The molecule has 7 heteroatoms. The van der Waals surface area contributed by atoms with Crippen LogP contribution in [0.25, 0.3) is 0 Å². The number of carbonyl (C=O) groups excluding carboxylic acids is 1. The van der Waals surface area contributed by atoms with E-state index in [1.807, 2.05) is 0 Å². The molecule has 1 atom stereocenters. The number of hydrogen-bond acceptors (Lipinski definition) is 2. The molecule has 18 heavy (non-hydrogen) atoms. The Morgan fingerprint density at radius 2 is 2.00 bits per heavy atom. The van der Waals surface area contributed by atoms with Crippen LogP contribution < -0.4 is 16.4 Å². The van der Waals surface area contributed by atoms with Crippen LogP contribution in [0.2, 0.25) is 0 Å². The van der Waals surface area contributed by atoms with Crippen LogP contribution in [-0.4, -0.2) is 18.8 Å². The molecule has 0 aromatic heterocycles. The van der Waals surface area contributed by atoms with Gasteiger partial charge < -0.3 is 16.4 Å². The van der Waals surface area contributed by atoms with Gasteiger partial charge in [-0.1, -0.05) is 18.2 Å². The van der Waals surface area contributed by atoms with Crippen molar-refractivity contribution in [2.24, 2.45) is 0 Å². The quantitative estimate of drug-likeness (QED) is 0.730. The molecular formula is C11H14F3N3O. The highest BCUT2D eigenvalue weighted by Gasteiger charge is 2.27. The Kier molecular flexibility index (Phi) is 4.41. The lowest BCUT2D eigenvalue weighted by molar-refractivity contribution is -0.122. The first-order valence-corrected chi connectivity index (χ1v) is 5.25. The number of nitrogen functional groups attached to an aromatic ring is 1. The van der Waals surface area contributed by atoms with E-state index in [0.29, 0.717) is 11.3 Å². The zero-order valence-electron chi connectivity index (χ0n) is 9.71. The maximum atomic E-state index is 11.9. The summed E-state index contributed by atoms with van der Waals surface area (Å²) in [5.41, 5.74) is 6.81. The highest BCUT2D eigenvalue weighted by atomic mass is 19.4. The Hall–Kier alpha value is -1.92. The summed E-state index contributed by atoms with van der Waals surface area (Å²) in [4.78, 5) is 11.2. The molecule has 1 aromatic rings. The molecule has 4 nitrogen and oxygen atoms in total. The fourth-order valence-electron chi connectivity index (χ4n) is 1.41. The van der Waals surface area contributed by atoms with E-state index in [9.17, 15) is 18.0 Å². The number of nitrogens with two attached hydrogens (primary N) is 1. The zero-order chi connectivity index (χ0) is 13.8. The number of amides is 2. The maximum Gasteiger partial charge on any atom is 0.405 e. The number of anilines is 1. The first kappa shape index (κ1) is 14.1. The molecule has 0 radical (unpaired) electrons. The van der Waals surface area contributed by atoms with Crippen molar-refractivity contribution >= 4 is 11.7 Å². The van der Waals surface area contributed by atoms with Gasteiger partial charge in [-0.15, -0.1) is 0 Å². The van der Waals surface area contributed by atoms with Crippen molar-refractivity contribution in [2.45, 2.75) is 19.1 Å². The summed E-state index contributed by atoms with van der Waals surface area (Å²) in [7, 11) is 0. The van der Waals surface area contributed by atoms with E-state index < -0.39 is 24.8 Å². The van der Waals surface area contributed by atoms with Crippen LogP contribution in [0.4, 0.5) is 23.7 Å². The van der Waals surface area contributed by atoms with E-state index in [2.05, 4.69) is 5.32 Å². The van der Waals surface area contributed by atoms with Crippen LogP contribution >= 0.6 is 0 Å². The number of benzene rings is 1. The summed E-state index contributed by atoms with van der Waals surface area (Å²) in [6.07, 6.45) is -4.42. The summed E-state index contributed by atoms with van der Waals surface area (Å²) in [5, 5.41) is 4.11. The molecule has 100 valence electrons. The minimum Gasteiger partial charge on any atom is -0.398 e. The van der Waals surface area contributed by atoms with Crippen molar-refractivity contribution in [2.75, 3.05) is 12.3 Å². The highest BCUT2D eigenvalue weighted by Crippen LogP contribution is 2.19. The Morgan fingerprint density at radius 3 is 2.56 bits per heavy atom. The topological polar surface area (TPSA) is 67.2 Å². The normalized spacial score (nSPS) is 12.9. The van der Waals surface area contributed by atoms with Gasteiger partial charge in [0.05, 0.1) is 6.04 Å². The number of hydrogen-bond donors (Lipinski definition) is 3. The van der Waals surface area contributed by atoms with E-state index in [-0.39, 0.29) is 0 Å². The lowest BCUT2D eigenvalue weighted by atomic mass is 10.1.